The molecule has 0 spiro atoms. The van der Waals surface area contributed by atoms with Crippen LogP contribution in [-0.2, 0) is 6.18 Å². The summed E-state index contributed by atoms with van der Waals surface area (Å²) >= 11 is 0. The number of hydrogen-bond donors (Lipinski definition) is 0. The van der Waals surface area contributed by atoms with Gasteiger partial charge < -0.3 is 4.90 Å². The lowest BCUT2D eigenvalue weighted by molar-refractivity contribution is -0.137. The molecule has 0 bridgehead atoms. The van der Waals surface area contributed by atoms with Gasteiger partial charge in [0.1, 0.15) is 0 Å². The molecular weight excluding hydrogens is 215 g/mol. The monoisotopic (exact) mass is 229 g/mol. The number of likely N-dealkylation sites (tertiary alicyclic amines) is 1. The lowest BCUT2D eigenvalue weighted by atomic mass is 9.90. The highest BCUT2D eigenvalue weighted by Crippen LogP contribution is 2.33. The van der Waals surface area contributed by atoms with Gasteiger partial charge in [-0.1, -0.05) is 25.1 Å². The number of alkyl halides is 3. The second-order valence-corrected chi connectivity index (χ2v) is 4.17. The van der Waals surface area contributed by atoms with Crippen molar-refractivity contribution in [1.82, 2.24) is 4.90 Å². The third-order valence-corrected chi connectivity index (χ3v) is 3.09. The lowest BCUT2D eigenvalue weighted by Crippen LogP contribution is -2.44. The molecule has 0 N–H and O–H groups in total. The second kappa shape index (κ2) is 4.09. The topological polar surface area (TPSA) is 3.24 Å². The highest BCUT2D eigenvalue weighted by molar-refractivity contribution is 5.30. The standard InChI is InChI=1S/C12H14F3N/c1-2-16-7-10(8-16)9-4-3-5-11(6-9)12(13,14)15/h3-6,10H,2,7-8H2,1H3. The summed E-state index contributed by atoms with van der Waals surface area (Å²) in [5, 5.41) is 0. The van der Waals surface area contributed by atoms with Crippen molar-refractivity contribution < 1.29 is 13.2 Å². The largest absolute Gasteiger partial charge is 0.416 e. The highest BCUT2D eigenvalue weighted by atomic mass is 19.4. The van der Waals surface area contributed by atoms with E-state index >= 15 is 0 Å². The molecule has 0 saturated carbocycles. The third-order valence-electron chi connectivity index (χ3n) is 3.09. The van der Waals surface area contributed by atoms with Crippen molar-refractivity contribution in [3.63, 3.8) is 0 Å². The molecule has 4 heteroatoms. The minimum absolute atomic E-state index is 0.266. The summed E-state index contributed by atoms with van der Waals surface area (Å²) in [5.74, 6) is 0.266. The van der Waals surface area contributed by atoms with E-state index in [0.29, 0.717) is 0 Å². The zero-order valence-corrected chi connectivity index (χ0v) is 9.09. The Balaban J connectivity index is 2.12. The van der Waals surface area contributed by atoms with Gasteiger partial charge in [0.05, 0.1) is 5.56 Å². The molecule has 1 aliphatic rings. The first-order chi connectivity index (χ1) is 7.50. The van der Waals surface area contributed by atoms with Gasteiger partial charge in [-0.2, -0.15) is 13.2 Å². The lowest BCUT2D eigenvalue weighted by Gasteiger charge is -2.39. The number of benzene rings is 1. The summed E-state index contributed by atoms with van der Waals surface area (Å²) in [6, 6.07) is 5.68. The van der Waals surface area contributed by atoms with Crippen LogP contribution in [0.1, 0.15) is 24.0 Å². The van der Waals surface area contributed by atoms with Crippen LogP contribution in [0.4, 0.5) is 13.2 Å². The average molecular weight is 229 g/mol. The third kappa shape index (κ3) is 2.21. The van der Waals surface area contributed by atoms with E-state index in [4.69, 9.17) is 0 Å². The maximum absolute atomic E-state index is 12.5. The van der Waals surface area contributed by atoms with E-state index < -0.39 is 11.7 Å². The van der Waals surface area contributed by atoms with Crippen LogP contribution >= 0.6 is 0 Å². The zero-order chi connectivity index (χ0) is 11.8. The van der Waals surface area contributed by atoms with Gasteiger partial charge in [0.25, 0.3) is 0 Å². The van der Waals surface area contributed by atoms with Crippen molar-refractivity contribution in [2.75, 3.05) is 19.6 Å². The quantitative estimate of drug-likeness (QED) is 0.753. The van der Waals surface area contributed by atoms with Gasteiger partial charge in [-0.05, 0) is 18.2 Å². The maximum atomic E-state index is 12.5. The van der Waals surface area contributed by atoms with Crippen molar-refractivity contribution in [3.05, 3.63) is 35.4 Å². The van der Waals surface area contributed by atoms with E-state index in [1.807, 2.05) is 0 Å². The molecule has 1 heterocycles. The Morgan fingerprint density at radius 1 is 1.31 bits per heavy atom. The van der Waals surface area contributed by atoms with Gasteiger partial charge in [-0.3, -0.25) is 0 Å². The Labute approximate surface area is 92.9 Å². The van der Waals surface area contributed by atoms with E-state index in [9.17, 15) is 13.2 Å². The second-order valence-electron chi connectivity index (χ2n) is 4.17. The molecule has 0 aliphatic carbocycles. The summed E-state index contributed by atoms with van der Waals surface area (Å²) in [5.41, 5.74) is 0.263. The molecule has 1 aliphatic heterocycles. The van der Waals surface area contributed by atoms with Crippen LogP contribution in [0.3, 0.4) is 0 Å². The van der Waals surface area contributed by atoms with E-state index in [2.05, 4.69) is 11.8 Å². The van der Waals surface area contributed by atoms with Crippen LogP contribution in [0.5, 0.6) is 0 Å². The minimum Gasteiger partial charge on any atom is -0.302 e. The number of halogens is 3. The molecule has 0 unspecified atom stereocenters. The fraction of sp³-hybridized carbons (Fsp3) is 0.500. The highest BCUT2D eigenvalue weighted by Gasteiger charge is 2.32. The molecule has 0 atom stereocenters. The van der Waals surface area contributed by atoms with E-state index in [1.54, 1.807) is 6.07 Å². The first-order valence-corrected chi connectivity index (χ1v) is 5.40. The van der Waals surface area contributed by atoms with Crippen LogP contribution in [-0.4, -0.2) is 24.5 Å². The zero-order valence-electron chi connectivity index (χ0n) is 9.09. The first-order valence-electron chi connectivity index (χ1n) is 5.40. The number of nitrogens with zero attached hydrogens (tertiary/aromatic N) is 1. The predicted octanol–water partition coefficient (Wildman–Crippen LogP) is 3.12. The van der Waals surface area contributed by atoms with E-state index in [1.165, 1.54) is 12.1 Å². The van der Waals surface area contributed by atoms with Gasteiger partial charge in [0.15, 0.2) is 0 Å². The molecule has 1 saturated heterocycles. The van der Waals surface area contributed by atoms with Crippen molar-refractivity contribution in [3.8, 4) is 0 Å². The van der Waals surface area contributed by atoms with Crippen molar-refractivity contribution >= 4 is 0 Å². The molecule has 0 amide bonds. The molecule has 88 valence electrons. The molecule has 1 nitrogen and oxygen atoms in total. The minimum atomic E-state index is -4.23. The summed E-state index contributed by atoms with van der Waals surface area (Å²) < 4.78 is 37.5. The van der Waals surface area contributed by atoms with E-state index in [0.717, 1.165) is 31.3 Å². The first kappa shape index (κ1) is 11.5. The van der Waals surface area contributed by atoms with Gasteiger partial charge in [-0.15, -0.1) is 0 Å². The average Bonchev–Trinajstić information content (AvgIpc) is 2.15. The smallest absolute Gasteiger partial charge is 0.302 e. The Kier molecular flexibility index (Phi) is 2.93. The Hall–Kier alpha value is -1.03. The summed E-state index contributed by atoms with van der Waals surface area (Å²) in [7, 11) is 0. The molecule has 1 aromatic carbocycles. The van der Waals surface area contributed by atoms with Gasteiger partial charge in [0.2, 0.25) is 0 Å². The SMILES string of the molecule is CCN1CC(c2cccc(C(F)(F)F)c2)C1. The summed E-state index contributed by atoms with van der Waals surface area (Å²) in [6.07, 6.45) is -4.23. The molecule has 0 radical (unpaired) electrons. The Morgan fingerprint density at radius 2 is 2.00 bits per heavy atom. The van der Waals surface area contributed by atoms with Crippen LogP contribution in [0.2, 0.25) is 0 Å². The van der Waals surface area contributed by atoms with Crippen LogP contribution in [0.25, 0.3) is 0 Å². The van der Waals surface area contributed by atoms with E-state index in [-0.39, 0.29) is 5.92 Å². The van der Waals surface area contributed by atoms with Crippen LogP contribution in [0, 0.1) is 0 Å². The molecule has 0 aromatic heterocycles. The van der Waals surface area contributed by atoms with Crippen molar-refractivity contribution in [2.45, 2.75) is 19.0 Å². The van der Waals surface area contributed by atoms with Gasteiger partial charge >= 0.3 is 6.18 Å². The normalized spacial score (nSPS) is 18.5. The molecule has 2 rings (SSSR count). The van der Waals surface area contributed by atoms with Crippen molar-refractivity contribution in [2.24, 2.45) is 0 Å². The van der Waals surface area contributed by atoms with Gasteiger partial charge in [-0.25, -0.2) is 0 Å². The number of likely N-dealkylation sites (N-methyl/N-ethyl adjacent to an activating group) is 1. The molecule has 1 fully saturated rings. The summed E-state index contributed by atoms with van der Waals surface area (Å²) in [4.78, 5) is 2.21. The fourth-order valence-corrected chi connectivity index (χ4v) is 2.01. The van der Waals surface area contributed by atoms with Crippen molar-refractivity contribution in [1.29, 1.82) is 0 Å². The van der Waals surface area contributed by atoms with Crippen LogP contribution in [0.15, 0.2) is 24.3 Å². The van der Waals surface area contributed by atoms with Crippen LogP contribution < -0.4 is 0 Å². The Morgan fingerprint density at radius 3 is 2.56 bits per heavy atom. The number of hydrogen-bond acceptors (Lipinski definition) is 1. The van der Waals surface area contributed by atoms with Gasteiger partial charge in [0, 0.05) is 19.0 Å². The fourth-order valence-electron chi connectivity index (χ4n) is 2.01. The maximum Gasteiger partial charge on any atom is 0.416 e. The molecule has 1 aromatic rings. The predicted molar refractivity (Wildman–Crippen MR) is 56.3 cm³/mol. The molecular formula is C12H14F3N. The summed E-state index contributed by atoms with van der Waals surface area (Å²) in [6.45, 7) is 4.77. The Bertz CT molecular complexity index is 367. The number of rotatable bonds is 2. The molecule has 16 heavy (non-hydrogen) atoms.